The standard InChI is InChI=1S/C10H7NO2S/c12-10(13)8-3-1-7(2-4-8)9-5-6-14-11-9/h1-6H,(H,12,13). The minimum Gasteiger partial charge on any atom is -0.478 e. The van der Waals surface area contributed by atoms with Crippen LogP contribution in [0.2, 0.25) is 0 Å². The number of aromatic carboxylic acids is 1. The highest BCUT2D eigenvalue weighted by atomic mass is 32.1. The second-order valence-electron chi connectivity index (χ2n) is 2.77. The molecule has 0 saturated carbocycles. The summed E-state index contributed by atoms with van der Waals surface area (Å²) in [7, 11) is 0. The predicted octanol–water partition coefficient (Wildman–Crippen LogP) is 2.51. The van der Waals surface area contributed by atoms with Gasteiger partial charge in [0, 0.05) is 10.9 Å². The summed E-state index contributed by atoms with van der Waals surface area (Å²) >= 11 is 1.38. The molecule has 70 valence electrons. The molecule has 0 amide bonds. The Morgan fingerprint density at radius 2 is 1.93 bits per heavy atom. The van der Waals surface area contributed by atoms with Crippen LogP contribution >= 0.6 is 11.5 Å². The maximum Gasteiger partial charge on any atom is 0.335 e. The van der Waals surface area contributed by atoms with Crippen LogP contribution in [0.15, 0.2) is 35.7 Å². The molecule has 0 aliphatic heterocycles. The average Bonchev–Trinajstić information content (AvgIpc) is 2.71. The lowest BCUT2D eigenvalue weighted by Crippen LogP contribution is -1.94. The van der Waals surface area contributed by atoms with E-state index in [4.69, 9.17) is 5.11 Å². The number of hydrogen-bond donors (Lipinski definition) is 1. The van der Waals surface area contributed by atoms with Gasteiger partial charge in [-0.1, -0.05) is 12.1 Å². The first-order valence-corrected chi connectivity index (χ1v) is 4.85. The summed E-state index contributed by atoms with van der Waals surface area (Å²) < 4.78 is 4.16. The lowest BCUT2D eigenvalue weighted by Gasteiger charge is -1.97. The van der Waals surface area contributed by atoms with E-state index in [1.54, 1.807) is 24.3 Å². The number of carboxylic acid groups (broad SMARTS) is 1. The van der Waals surface area contributed by atoms with E-state index in [9.17, 15) is 4.79 Å². The maximum atomic E-state index is 10.6. The van der Waals surface area contributed by atoms with Crippen LogP contribution in [-0.2, 0) is 0 Å². The number of hydrogen-bond acceptors (Lipinski definition) is 3. The van der Waals surface area contributed by atoms with Crippen molar-refractivity contribution in [3.05, 3.63) is 41.3 Å². The average molecular weight is 205 g/mol. The van der Waals surface area contributed by atoms with Gasteiger partial charge in [0.1, 0.15) is 0 Å². The summed E-state index contributed by atoms with van der Waals surface area (Å²) in [6.45, 7) is 0. The summed E-state index contributed by atoms with van der Waals surface area (Å²) in [6, 6.07) is 8.59. The molecule has 0 bridgehead atoms. The molecule has 0 saturated heterocycles. The highest BCUT2D eigenvalue weighted by Gasteiger charge is 2.03. The Balaban J connectivity index is 2.36. The SMILES string of the molecule is O=C(O)c1ccc(-c2ccsn2)cc1. The van der Waals surface area contributed by atoms with Crippen LogP contribution in [0.1, 0.15) is 10.4 Å². The number of carbonyl (C=O) groups is 1. The second kappa shape index (κ2) is 3.59. The zero-order chi connectivity index (χ0) is 9.97. The Morgan fingerprint density at radius 3 is 2.43 bits per heavy atom. The summed E-state index contributed by atoms with van der Waals surface area (Å²) in [5.74, 6) is -0.908. The molecule has 3 nitrogen and oxygen atoms in total. The van der Waals surface area contributed by atoms with Gasteiger partial charge in [-0.3, -0.25) is 0 Å². The van der Waals surface area contributed by atoms with Crippen LogP contribution in [0, 0.1) is 0 Å². The molecule has 0 aliphatic carbocycles. The van der Waals surface area contributed by atoms with E-state index < -0.39 is 5.97 Å². The molecule has 0 fully saturated rings. The van der Waals surface area contributed by atoms with Gasteiger partial charge < -0.3 is 5.11 Å². The van der Waals surface area contributed by atoms with Crippen LogP contribution in [-0.4, -0.2) is 15.4 Å². The number of aromatic nitrogens is 1. The molecule has 1 aromatic heterocycles. The Labute approximate surface area is 84.8 Å². The topological polar surface area (TPSA) is 50.2 Å². The van der Waals surface area contributed by atoms with E-state index in [1.807, 2.05) is 11.4 Å². The van der Waals surface area contributed by atoms with Crippen molar-refractivity contribution in [1.82, 2.24) is 4.37 Å². The molecule has 4 heteroatoms. The monoisotopic (exact) mass is 205 g/mol. The molecule has 2 rings (SSSR count). The fourth-order valence-corrected chi connectivity index (χ4v) is 1.68. The first-order valence-electron chi connectivity index (χ1n) is 4.01. The molecule has 0 unspecified atom stereocenters. The molecule has 14 heavy (non-hydrogen) atoms. The summed E-state index contributed by atoms with van der Waals surface area (Å²) in [5, 5.41) is 10.6. The van der Waals surface area contributed by atoms with Crippen LogP contribution < -0.4 is 0 Å². The smallest absolute Gasteiger partial charge is 0.335 e. The van der Waals surface area contributed by atoms with E-state index in [0.29, 0.717) is 5.56 Å². The minimum atomic E-state index is -0.908. The van der Waals surface area contributed by atoms with Crippen LogP contribution in [0.25, 0.3) is 11.3 Å². The number of nitrogens with zero attached hydrogens (tertiary/aromatic N) is 1. The van der Waals surface area contributed by atoms with Crippen LogP contribution in [0.5, 0.6) is 0 Å². The van der Waals surface area contributed by atoms with Crippen molar-refractivity contribution in [2.45, 2.75) is 0 Å². The zero-order valence-corrected chi connectivity index (χ0v) is 7.99. The fraction of sp³-hybridized carbons (Fsp3) is 0. The highest BCUT2D eigenvalue weighted by molar-refractivity contribution is 7.03. The van der Waals surface area contributed by atoms with Crippen LogP contribution in [0.4, 0.5) is 0 Å². The molecule has 0 aliphatic rings. The number of benzene rings is 1. The van der Waals surface area contributed by atoms with Gasteiger partial charge in [-0.2, -0.15) is 4.37 Å². The molecule has 0 atom stereocenters. The number of rotatable bonds is 2. The van der Waals surface area contributed by atoms with Crippen molar-refractivity contribution in [1.29, 1.82) is 0 Å². The Morgan fingerprint density at radius 1 is 1.21 bits per heavy atom. The maximum absolute atomic E-state index is 10.6. The highest BCUT2D eigenvalue weighted by Crippen LogP contribution is 2.18. The van der Waals surface area contributed by atoms with Crippen LogP contribution in [0.3, 0.4) is 0 Å². The molecular weight excluding hydrogens is 198 g/mol. The third-order valence-corrected chi connectivity index (χ3v) is 2.43. The van der Waals surface area contributed by atoms with Gasteiger partial charge in [-0.15, -0.1) is 0 Å². The molecule has 1 aromatic carbocycles. The largest absolute Gasteiger partial charge is 0.478 e. The first-order chi connectivity index (χ1) is 6.77. The minimum absolute atomic E-state index is 0.295. The van der Waals surface area contributed by atoms with Crippen molar-refractivity contribution in [2.75, 3.05) is 0 Å². The second-order valence-corrected chi connectivity index (χ2v) is 3.43. The van der Waals surface area contributed by atoms with Crippen molar-refractivity contribution in [2.24, 2.45) is 0 Å². The van der Waals surface area contributed by atoms with Gasteiger partial charge in [-0.25, -0.2) is 4.79 Å². The predicted molar refractivity (Wildman–Crippen MR) is 54.5 cm³/mol. The Hall–Kier alpha value is -1.68. The Bertz CT molecular complexity index is 434. The number of carboxylic acids is 1. The summed E-state index contributed by atoms with van der Waals surface area (Å²) in [5.41, 5.74) is 2.12. The third kappa shape index (κ3) is 1.65. The lowest BCUT2D eigenvalue weighted by atomic mass is 10.1. The van der Waals surface area contributed by atoms with E-state index in [0.717, 1.165) is 11.3 Å². The summed E-state index contributed by atoms with van der Waals surface area (Å²) in [4.78, 5) is 10.6. The van der Waals surface area contributed by atoms with Crippen molar-refractivity contribution >= 4 is 17.5 Å². The Kier molecular flexibility index (Phi) is 2.28. The summed E-state index contributed by atoms with van der Waals surface area (Å²) in [6.07, 6.45) is 0. The van der Waals surface area contributed by atoms with Gasteiger partial charge in [0.15, 0.2) is 0 Å². The van der Waals surface area contributed by atoms with Gasteiger partial charge >= 0.3 is 5.97 Å². The zero-order valence-electron chi connectivity index (χ0n) is 7.18. The van der Waals surface area contributed by atoms with E-state index in [1.165, 1.54) is 11.5 Å². The normalized spacial score (nSPS) is 10.0. The fourth-order valence-electron chi connectivity index (χ4n) is 1.15. The molecule has 1 heterocycles. The molecular formula is C10H7NO2S. The molecule has 1 N–H and O–H groups in total. The molecule has 0 radical (unpaired) electrons. The van der Waals surface area contributed by atoms with Crippen molar-refractivity contribution in [3.8, 4) is 11.3 Å². The van der Waals surface area contributed by atoms with E-state index in [-0.39, 0.29) is 0 Å². The van der Waals surface area contributed by atoms with Crippen molar-refractivity contribution in [3.63, 3.8) is 0 Å². The van der Waals surface area contributed by atoms with Gasteiger partial charge in [0.2, 0.25) is 0 Å². The third-order valence-electron chi connectivity index (χ3n) is 1.87. The van der Waals surface area contributed by atoms with E-state index >= 15 is 0 Å². The van der Waals surface area contributed by atoms with Gasteiger partial charge in [0.05, 0.1) is 11.3 Å². The van der Waals surface area contributed by atoms with Gasteiger partial charge in [-0.05, 0) is 29.7 Å². The lowest BCUT2D eigenvalue weighted by molar-refractivity contribution is 0.0697. The van der Waals surface area contributed by atoms with Crippen molar-refractivity contribution < 1.29 is 9.90 Å². The van der Waals surface area contributed by atoms with E-state index in [2.05, 4.69) is 4.37 Å². The first kappa shape index (κ1) is 8.90. The molecule has 0 spiro atoms. The quantitative estimate of drug-likeness (QED) is 0.819. The molecule has 2 aromatic rings. The van der Waals surface area contributed by atoms with Gasteiger partial charge in [0.25, 0.3) is 0 Å².